The van der Waals surface area contributed by atoms with E-state index in [1.54, 1.807) is 11.8 Å². The fourth-order valence-corrected chi connectivity index (χ4v) is 2.05. The van der Waals surface area contributed by atoms with Gasteiger partial charge in [-0.25, -0.2) is 4.39 Å². The zero-order valence-electron chi connectivity index (χ0n) is 8.59. The second kappa shape index (κ2) is 6.04. The lowest BCUT2D eigenvalue weighted by molar-refractivity contribution is 0.620. The average Bonchev–Trinajstić information content (AvgIpc) is 2.17. The van der Waals surface area contributed by atoms with Crippen LogP contribution in [0.25, 0.3) is 0 Å². The van der Waals surface area contributed by atoms with Gasteiger partial charge in [0.1, 0.15) is 5.82 Å². The molecule has 0 heterocycles. The SMILES string of the molecule is CCNC(C)CSc1ccc(F)cc1. The quantitative estimate of drug-likeness (QED) is 0.755. The molecule has 0 radical (unpaired) electrons. The van der Waals surface area contributed by atoms with Crippen molar-refractivity contribution >= 4 is 11.8 Å². The van der Waals surface area contributed by atoms with Crippen molar-refractivity contribution in [2.45, 2.75) is 24.8 Å². The number of rotatable bonds is 5. The third-order valence-corrected chi connectivity index (χ3v) is 3.14. The van der Waals surface area contributed by atoms with Crippen LogP contribution in [0, 0.1) is 5.82 Å². The molecule has 0 aliphatic carbocycles. The number of nitrogens with one attached hydrogen (secondary N) is 1. The summed E-state index contributed by atoms with van der Waals surface area (Å²) in [6.07, 6.45) is 0. The van der Waals surface area contributed by atoms with Gasteiger partial charge in [-0.05, 0) is 37.7 Å². The molecular weight excluding hydrogens is 197 g/mol. The van der Waals surface area contributed by atoms with E-state index in [-0.39, 0.29) is 5.82 Å². The molecule has 0 bridgehead atoms. The molecule has 1 aromatic rings. The van der Waals surface area contributed by atoms with Gasteiger partial charge in [-0.1, -0.05) is 6.92 Å². The van der Waals surface area contributed by atoms with Crippen LogP contribution >= 0.6 is 11.8 Å². The summed E-state index contributed by atoms with van der Waals surface area (Å²) < 4.78 is 12.6. The Morgan fingerprint density at radius 3 is 2.57 bits per heavy atom. The Balaban J connectivity index is 2.34. The maximum atomic E-state index is 12.6. The summed E-state index contributed by atoms with van der Waals surface area (Å²) in [6, 6.07) is 7.13. The molecule has 0 aromatic heterocycles. The van der Waals surface area contributed by atoms with Gasteiger partial charge < -0.3 is 5.32 Å². The van der Waals surface area contributed by atoms with Crippen molar-refractivity contribution in [2.24, 2.45) is 0 Å². The van der Waals surface area contributed by atoms with Crippen molar-refractivity contribution in [2.75, 3.05) is 12.3 Å². The maximum Gasteiger partial charge on any atom is 0.123 e. The van der Waals surface area contributed by atoms with Crippen molar-refractivity contribution in [3.8, 4) is 0 Å². The van der Waals surface area contributed by atoms with Crippen molar-refractivity contribution in [3.63, 3.8) is 0 Å². The van der Waals surface area contributed by atoms with Gasteiger partial charge in [-0.2, -0.15) is 0 Å². The van der Waals surface area contributed by atoms with Crippen molar-refractivity contribution in [1.29, 1.82) is 0 Å². The molecule has 0 aliphatic heterocycles. The second-order valence-corrected chi connectivity index (χ2v) is 4.32. The fraction of sp³-hybridized carbons (Fsp3) is 0.455. The highest BCUT2D eigenvalue weighted by Gasteiger charge is 2.00. The van der Waals surface area contributed by atoms with Crippen molar-refractivity contribution < 1.29 is 4.39 Å². The van der Waals surface area contributed by atoms with E-state index in [0.717, 1.165) is 17.2 Å². The molecule has 0 saturated heterocycles. The largest absolute Gasteiger partial charge is 0.314 e. The zero-order chi connectivity index (χ0) is 10.4. The molecule has 1 aromatic carbocycles. The highest BCUT2D eigenvalue weighted by molar-refractivity contribution is 7.99. The summed E-state index contributed by atoms with van der Waals surface area (Å²) >= 11 is 1.75. The van der Waals surface area contributed by atoms with Gasteiger partial charge in [0, 0.05) is 16.7 Å². The summed E-state index contributed by atoms with van der Waals surface area (Å²) in [7, 11) is 0. The first-order chi connectivity index (χ1) is 6.72. The summed E-state index contributed by atoms with van der Waals surface area (Å²) in [6.45, 7) is 5.24. The van der Waals surface area contributed by atoms with Crippen LogP contribution in [0.3, 0.4) is 0 Å². The Bertz CT molecular complexity index is 260. The molecule has 0 amide bonds. The Morgan fingerprint density at radius 2 is 2.00 bits per heavy atom. The number of benzene rings is 1. The standard InChI is InChI=1S/C11H16FNS/c1-3-13-9(2)8-14-11-6-4-10(12)5-7-11/h4-7,9,13H,3,8H2,1-2H3. The van der Waals surface area contributed by atoms with Crippen LogP contribution < -0.4 is 5.32 Å². The number of hydrogen-bond acceptors (Lipinski definition) is 2. The van der Waals surface area contributed by atoms with Gasteiger partial charge >= 0.3 is 0 Å². The molecule has 1 nitrogen and oxygen atoms in total. The zero-order valence-corrected chi connectivity index (χ0v) is 9.40. The minimum absolute atomic E-state index is 0.172. The van der Waals surface area contributed by atoms with Crippen LogP contribution in [-0.2, 0) is 0 Å². The number of thioether (sulfide) groups is 1. The highest BCUT2D eigenvalue weighted by atomic mass is 32.2. The van der Waals surface area contributed by atoms with Gasteiger partial charge in [-0.3, -0.25) is 0 Å². The molecule has 14 heavy (non-hydrogen) atoms. The van der Waals surface area contributed by atoms with E-state index in [0.29, 0.717) is 6.04 Å². The topological polar surface area (TPSA) is 12.0 Å². The second-order valence-electron chi connectivity index (χ2n) is 3.22. The maximum absolute atomic E-state index is 12.6. The third kappa shape index (κ3) is 4.11. The van der Waals surface area contributed by atoms with E-state index in [1.807, 2.05) is 12.1 Å². The van der Waals surface area contributed by atoms with Gasteiger partial charge in [0.05, 0.1) is 0 Å². The lowest BCUT2D eigenvalue weighted by atomic mass is 10.3. The molecule has 0 fully saturated rings. The van der Waals surface area contributed by atoms with Crippen LogP contribution in [0.1, 0.15) is 13.8 Å². The Hall–Kier alpha value is -0.540. The molecule has 0 saturated carbocycles. The summed E-state index contributed by atoms with van der Waals surface area (Å²) in [5, 5.41) is 3.33. The van der Waals surface area contributed by atoms with Gasteiger partial charge in [0.15, 0.2) is 0 Å². The summed E-state index contributed by atoms with van der Waals surface area (Å²) in [5.74, 6) is 0.841. The molecular formula is C11H16FNS. The van der Waals surface area contributed by atoms with Crippen LogP contribution in [-0.4, -0.2) is 18.3 Å². The van der Waals surface area contributed by atoms with E-state index in [4.69, 9.17) is 0 Å². The van der Waals surface area contributed by atoms with Crippen LogP contribution in [0.2, 0.25) is 0 Å². The Morgan fingerprint density at radius 1 is 1.36 bits per heavy atom. The van der Waals surface area contributed by atoms with Crippen molar-refractivity contribution in [3.05, 3.63) is 30.1 Å². The smallest absolute Gasteiger partial charge is 0.123 e. The first kappa shape index (κ1) is 11.5. The average molecular weight is 213 g/mol. The first-order valence-electron chi connectivity index (χ1n) is 4.84. The normalized spacial score (nSPS) is 12.8. The molecule has 0 spiro atoms. The van der Waals surface area contributed by atoms with Gasteiger partial charge in [0.25, 0.3) is 0 Å². The van der Waals surface area contributed by atoms with E-state index in [9.17, 15) is 4.39 Å². The summed E-state index contributed by atoms with van der Waals surface area (Å²) in [4.78, 5) is 1.12. The first-order valence-corrected chi connectivity index (χ1v) is 5.82. The van der Waals surface area contributed by atoms with E-state index >= 15 is 0 Å². The van der Waals surface area contributed by atoms with Crippen molar-refractivity contribution in [1.82, 2.24) is 5.32 Å². The lowest BCUT2D eigenvalue weighted by Gasteiger charge is -2.11. The minimum Gasteiger partial charge on any atom is -0.314 e. The Labute approximate surface area is 89.1 Å². The van der Waals surface area contributed by atoms with Gasteiger partial charge in [0.2, 0.25) is 0 Å². The molecule has 3 heteroatoms. The molecule has 1 atom stereocenters. The summed E-state index contributed by atoms with van der Waals surface area (Å²) in [5.41, 5.74) is 0. The number of hydrogen-bond donors (Lipinski definition) is 1. The minimum atomic E-state index is -0.172. The third-order valence-electron chi connectivity index (χ3n) is 1.87. The van der Waals surface area contributed by atoms with Gasteiger partial charge in [-0.15, -0.1) is 11.8 Å². The molecule has 1 rings (SSSR count). The number of halogens is 1. The fourth-order valence-electron chi connectivity index (χ4n) is 1.16. The van der Waals surface area contributed by atoms with E-state index < -0.39 is 0 Å². The van der Waals surface area contributed by atoms with Crippen LogP contribution in [0.15, 0.2) is 29.2 Å². The molecule has 78 valence electrons. The monoisotopic (exact) mass is 213 g/mol. The highest BCUT2D eigenvalue weighted by Crippen LogP contribution is 2.18. The van der Waals surface area contributed by atoms with E-state index in [2.05, 4.69) is 19.2 Å². The predicted molar refractivity (Wildman–Crippen MR) is 60.3 cm³/mol. The lowest BCUT2D eigenvalue weighted by Crippen LogP contribution is -2.27. The van der Waals surface area contributed by atoms with Crippen LogP contribution in [0.5, 0.6) is 0 Å². The molecule has 0 aliphatic rings. The van der Waals surface area contributed by atoms with E-state index in [1.165, 1.54) is 12.1 Å². The predicted octanol–water partition coefficient (Wildman–Crippen LogP) is 2.92. The van der Waals surface area contributed by atoms with Crippen LogP contribution in [0.4, 0.5) is 4.39 Å². The molecule has 1 N–H and O–H groups in total. The molecule has 1 unspecified atom stereocenters. The Kier molecular flexibility index (Phi) is 4.98.